The molecule has 0 bridgehead atoms. The molecule has 3 rings (SSSR count). The molecule has 0 saturated heterocycles. The van der Waals surface area contributed by atoms with Crippen LogP contribution in [0.2, 0.25) is 5.02 Å². The summed E-state index contributed by atoms with van der Waals surface area (Å²) in [6, 6.07) is 23.2. The van der Waals surface area contributed by atoms with Crippen LogP contribution in [0.15, 0.2) is 89.8 Å². The summed E-state index contributed by atoms with van der Waals surface area (Å²) in [6.45, 7) is 1.84. The number of benzene rings is 3. The molecule has 0 aliphatic heterocycles. The summed E-state index contributed by atoms with van der Waals surface area (Å²) >= 11 is 5.93. The minimum Gasteiger partial charge on any atom is -0.348 e. The van der Waals surface area contributed by atoms with Crippen molar-refractivity contribution in [2.24, 2.45) is 0 Å². The lowest BCUT2D eigenvalue weighted by molar-refractivity contribution is -0.123. The monoisotopic (exact) mass is 442 g/mol. The van der Waals surface area contributed by atoms with E-state index in [2.05, 4.69) is 10.0 Å². The second kappa shape index (κ2) is 9.89. The van der Waals surface area contributed by atoms with Gasteiger partial charge >= 0.3 is 0 Å². The number of nitrogens with one attached hydrogen (secondary N) is 2. The summed E-state index contributed by atoms with van der Waals surface area (Å²) in [4.78, 5) is 13.2. The van der Waals surface area contributed by atoms with Gasteiger partial charge in [0.15, 0.2) is 0 Å². The molecule has 0 aliphatic carbocycles. The molecular formula is C23H23ClN2O3S. The first-order valence-electron chi connectivity index (χ1n) is 9.52. The van der Waals surface area contributed by atoms with Gasteiger partial charge in [-0.1, -0.05) is 72.3 Å². The topological polar surface area (TPSA) is 75.3 Å². The van der Waals surface area contributed by atoms with E-state index in [9.17, 15) is 13.2 Å². The van der Waals surface area contributed by atoms with Gasteiger partial charge in [-0.2, -0.15) is 4.72 Å². The van der Waals surface area contributed by atoms with E-state index in [0.717, 1.165) is 11.1 Å². The van der Waals surface area contributed by atoms with Crippen molar-refractivity contribution in [1.29, 1.82) is 0 Å². The predicted molar refractivity (Wildman–Crippen MR) is 119 cm³/mol. The molecule has 0 spiro atoms. The highest BCUT2D eigenvalue weighted by molar-refractivity contribution is 7.89. The van der Waals surface area contributed by atoms with Gasteiger partial charge in [0.05, 0.1) is 10.9 Å². The van der Waals surface area contributed by atoms with Gasteiger partial charge in [0, 0.05) is 5.02 Å². The average Bonchev–Trinajstić information content (AvgIpc) is 2.75. The summed E-state index contributed by atoms with van der Waals surface area (Å²) in [6.07, 6.45) is 0.228. The smallest absolute Gasteiger partial charge is 0.241 e. The zero-order valence-corrected chi connectivity index (χ0v) is 18.0. The van der Waals surface area contributed by atoms with Crippen LogP contribution in [0.25, 0.3) is 0 Å². The highest BCUT2D eigenvalue weighted by atomic mass is 35.5. The predicted octanol–water partition coefficient (Wildman–Crippen LogP) is 4.11. The van der Waals surface area contributed by atoms with Crippen molar-refractivity contribution in [3.05, 3.63) is 101 Å². The summed E-state index contributed by atoms with van der Waals surface area (Å²) in [5.41, 5.74) is 1.73. The Hall–Kier alpha value is -2.67. The molecular weight excluding hydrogens is 420 g/mol. The van der Waals surface area contributed by atoms with Crippen LogP contribution < -0.4 is 10.0 Å². The van der Waals surface area contributed by atoms with Crippen LogP contribution in [0.3, 0.4) is 0 Å². The van der Waals surface area contributed by atoms with Crippen molar-refractivity contribution >= 4 is 27.5 Å². The third-order valence-corrected chi connectivity index (χ3v) is 6.42. The number of hydrogen-bond acceptors (Lipinski definition) is 3. The van der Waals surface area contributed by atoms with Gasteiger partial charge in [-0.05, 0) is 48.7 Å². The zero-order valence-electron chi connectivity index (χ0n) is 16.5. The average molecular weight is 443 g/mol. The molecule has 0 fully saturated rings. The minimum absolute atomic E-state index is 0.113. The molecule has 156 valence electrons. The first-order chi connectivity index (χ1) is 14.3. The van der Waals surface area contributed by atoms with E-state index in [0.29, 0.717) is 5.02 Å². The van der Waals surface area contributed by atoms with E-state index < -0.39 is 22.0 Å². The van der Waals surface area contributed by atoms with E-state index in [1.807, 2.05) is 49.4 Å². The Morgan fingerprint density at radius 2 is 1.47 bits per heavy atom. The van der Waals surface area contributed by atoms with E-state index in [1.54, 1.807) is 30.3 Å². The fraction of sp³-hybridized carbons (Fsp3) is 0.174. The highest BCUT2D eigenvalue weighted by Crippen LogP contribution is 2.17. The van der Waals surface area contributed by atoms with Crippen LogP contribution in [-0.2, 0) is 21.2 Å². The van der Waals surface area contributed by atoms with Crippen LogP contribution >= 0.6 is 11.6 Å². The Bertz CT molecular complexity index is 1070. The summed E-state index contributed by atoms with van der Waals surface area (Å²) in [5.74, 6) is -0.402. The maximum Gasteiger partial charge on any atom is 0.241 e. The fourth-order valence-corrected chi connectivity index (χ4v) is 4.38. The molecule has 0 aliphatic rings. The van der Waals surface area contributed by atoms with Crippen LogP contribution in [0, 0.1) is 0 Å². The van der Waals surface area contributed by atoms with Crippen LogP contribution in [0.1, 0.15) is 24.1 Å². The SMILES string of the molecule is C[C@H](NC(=O)[C@H](Cc1ccccc1)NS(=O)(=O)c1ccccc1)c1ccc(Cl)cc1. The number of sulfonamides is 1. The normalized spacial score (nSPS) is 13.4. The lowest BCUT2D eigenvalue weighted by Crippen LogP contribution is -2.48. The van der Waals surface area contributed by atoms with Crippen molar-refractivity contribution in [3.63, 3.8) is 0 Å². The molecule has 2 N–H and O–H groups in total. The minimum atomic E-state index is -3.86. The molecule has 1 amide bonds. The molecule has 3 aromatic carbocycles. The second-order valence-electron chi connectivity index (χ2n) is 6.96. The number of carbonyl (C=O) groups excluding carboxylic acids is 1. The van der Waals surface area contributed by atoms with Crippen molar-refractivity contribution < 1.29 is 13.2 Å². The maximum absolute atomic E-state index is 13.0. The van der Waals surface area contributed by atoms with Gasteiger partial charge in [-0.15, -0.1) is 0 Å². The highest BCUT2D eigenvalue weighted by Gasteiger charge is 2.27. The molecule has 0 heterocycles. The summed E-state index contributed by atoms with van der Waals surface area (Å²) < 4.78 is 28.2. The zero-order chi connectivity index (χ0) is 21.6. The first-order valence-corrected chi connectivity index (χ1v) is 11.4. The molecule has 3 aromatic rings. The fourth-order valence-electron chi connectivity index (χ4n) is 3.04. The van der Waals surface area contributed by atoms with Crippen LogP contribution in [-0.4, -0.2) is 20.4 Å². The largest absolute Gasteiger partial charge is 0.348 e. The van der Waals surface area contributed by atoms with Crippen LogP contribution in [0.5, 0.6) is 0 Å². The standard InChI is InChI=1S/C23H23ClN2O3S/c1-17(19-12-14-20(24)15-13-19)25-23(27)22(16-18-8-4-2-5-9-18)26-30(28,29)21-10-6-3-7-11-21/h2-15,17,22,26H,16H2,1H3,(H,25,27)/t17-,22-/m0/s1. The van der Waals surface area contributed by atoms with Gasteiger partial charge in [0.2, 0.25) is 15.9 Å². The molecule has 0 radical (unpaired) electrons. The van der Waals surface area contributed by atoms with Gasteiger partial charge in [0.25, 0.3) is 0 Å². The molecule has 5 nitrogen and oxygen atoms in total. The first kappa shape index (κ1) is 22.0. The molecule has 30 heavy (non-hydrogen) atoms. The Morgan fingerprint density at radius 3 is 2.07 bits per heavy atom. The number of amides is 1. The van der Waals surface area contributed by atoms with Gasteiger partial charge in [-0.25, -0.2) is 8.42 Å². The van der Waals surface area contributed by atoms with Crippen molar-refractivity contribution in [2.45, 2.75) is 30.3 Å². The lowest BCUT2D eigenvalue weighted by atomic mass is 10.0. The third kappa shape index (κ3) is 5.92. The second-order valence-corrected chi connectivity index (χ2v) is 9.11. The Morgan fingerprint density at radius 1 is 0.900 bits per heavy atom. The van der Waals surface area contributed by atoms with Gasteiger partial charge in [0.1, 0.15) is 6.04 Å². The number of carbonyl (C=O) groups is 1. The lowest BCUT2D eigenvalue weighted by Gasteiger charge is -2.22. The molecule has 2 atom stereocenters. The van der Waals surface area contributed by atoms with Crippen LogP contribution in [0.4, 0.5) is 0 Å². The summed E-state index contributed by atoms with van der Waals surface area (Å²) in [7, 11) is -3.86. The van der Waals surface area contributed by atoms with E-state index >= 15 is 0 Å². The number of rotatable bonds is 8. The summed E-state index contributed by atoms with van der Waals surface area (Å²) in [5, 5.41) is 3.51. The Balaban J connectivity index is 1.81. The van der Waals surface area contributed by atoms with Crippen molar-refractivity contribution in [2.75, 3.05) is 0 Å². The molecule has 0 saturated carbocycles. The van der Waals surface area contributed by atoms with Gasteiger partial charge in [-0.3, -0.25) is 4.79 Å². The quantitative estimate of drug-likeness (QED) is 0.551. The maximum atomic E-state index is 13.0. The molecule has 0 unspecified atom stereocenters. The Kier molecular flexibility index (Phi) is 7.26. The third-order valence-electron chi connectivity index (χ3n) is 4.68. The molecule has 7 heteroatoms. The number of hydrogen-bond donors (Lipinski definition) is 2. The van der Waals surface area contributed by atoms with E-state index in [4.69, 9.17) is 11.6 Å². The van der Waals surface area contributed by atoms with Crippen molar-refractivity contribution in [3.8, 4) is 0 Å². The van der Waals surface area contributed by atoms with Gasteiger partial charge < -0.3 is 5.32 Å². The van der Waals surface area contributed by atoms with Crippen molar-refractivity contribution in [1.82, 2.24) is 10.0 Å². The van der Waals surface area contributed by atoms with E-state index in [1.165, 1.54) is 12.1 Å². The number of halogens is 1. The van der Waals surface area contributed by atoms with E-state index in [-0.39, 0.29) is 17.4 Å². The Labute approximate surface area is 182 Å². The molecule has 0 aromatic heterocycles.